The molecule has 7 heteroatoms. The molecule has 2 aromatic rings. The number of benzene rings is 1. The molecule has 7 nitrogen and oxygen atoms in total. The standard InChI is InChI=1S/C29H34N2O5/c1-19-13-23(34-12-6-11-31(3)4)14-20(2)29(19)25-7-5-8-27(30-25)36-17-21-9-10-24-22(16-28(32)33)18-35-26(24)15-21/h5,7-8,10,13-15,17,22H,6,9,11-12,16,18H2,1-4H3,(H,32,33). The molecule has 0 amide bonds. The van der Waals surface area contributed by atoms with Crippen molar-refractivity contribution in [2.75, 3.05) is 33.9 Å². The van der Waals surface area contributed by atoms with Gasteiger partial charge >= 0.3 is 5.97 Å². The third-order valence-corrected chi connectivity index (χ3v) is 6.29. The number of hydrogen-bond acceptors (Lipinski definition) is 6. The van der Waals surface area contributed by atoms with Gasteiger partial charge in [0.05, 0.1) is 31.6 Å². The summed E-state index contributed by atoms with van der Waals surface area (Å²) < 4.78 is 17.6. The van der Waals surface area contributed by atoms with Crippen molar-refractivity contribution in [1.82, 2.24) is 9.88 Å². The molecule has 190 valence electrons. The molecule has 1 N–H and O–H groups in total. The van der Waals surface area contributed by atoms with Gasteiger partial charge in [-0.25, -0.2) is 4.98 Å². The molecule has 0 radical (unpaired) electrons. The highest BCUT2D eigenvalue weighted by Gasteiger charge is 2.30. The number of fused-ring (bicyclic) bond motifs is 1. The van der Waals surface area contributed by atoms with Crippen molar-refractivity contribution in [1.29, 1.82) is 0 Å². The van der Waals surface area contributed by atoms with Crippen molar-refractivity contribution in [2.24, 2.45) is 5.92 Å². The fraction of sp³-hybridized carbons (Fsp3) is 0.379. The molecule has 1 unspecified atom stereocenters. The summed E-state index contributed by atoms with van der Waals surface area (Å²) in [6.07, 6.45) is 7.36. The Labute approximate surface area is 212 Å². The second-order valence-corrected chi connectivity index (χ2v) is 9.59. The summed E-state index contributed by atoms with van der Waals surface area (Å²) in [5.41, 5.74) is 6.05. The summed E-state index contributed by atoms with van der Waals surface area (Å²) in [4.78, 5) is 18.0. The summed E-state index contributed by atoms with van der Waals surface area (Å²) in [5, 5.41) is 9.09. The van der Waals surface area contributed by atoms with Crippen LogP contribution in [0.1, 0.15) is 30.4 Å². The lowest BCUT2D eigenvalue weighted by atomic mass is 9.92. The zero-order valence-corrected chi connectivity index (χ0v) is 21.4. The summed E-state index contributed by atoms with van der Waals surface area (Å²) in [6, 6.07) is 9.88. The molecule has 0 bridgehead atoms. The van der Waals surface area contributed by atoms with Gasteiger partial charge in [0.25, 0.3) is 0 Å². The third-order valence-electron chi connectivity index (χ3n) is 6.29. The van der Waals surface area contributed by atoms with Crippen LogP contribution in [0.3, 0.4) is 0 Å². The van der Waals surface area contributed by atoms with Crippen molar-refractivity contribution < 1.29 is 24.1 Å². The predicted octanol–water partition coefficient (Wildman–Crippen LogP) is 5.29. The SMILES string of the molecule is Cc1cc(OCCCN(C)C)cc(C)c1-c1cccc(OC=C2C=C3OCC(CC(=O)O)C3=CC2)n1. The number of carbonyl (C=O) groups is 1. The van der Waals surface area contributed by atoms with Gasteiger partial charge < -0.3 is 24.2 Å². The van der Waals surface area contributed by atoms with Gasteiger partial charge in [0.1, 0.15) is 11.5 Å². The van der Waals surface area contributed by atoms with Crippen LogP contribution in [0.15, 0.2) is 65.7 Å². The number of carboxylic acid groups (broad SMARTS) is 1. The lowest BCUT2D eigenvalue weighted by Crippen LogP contribution is -2.15. The summed E-state index contributed by atoms with van der Waals surface area (Å²) in [7, 11) is 4.12. The Balaban J connectivity index is 1.43. The number of ether oxygens (including phenoxy) is 3. The highest BCUT2D eigenvalue weighted by atomic mass is 16.5. The Kier molecular flexibility index (Phi) is 8.10. The van der Waals surface area contributed by atoms with E-state index in [0.717, 1.165) is 58.0 Å². The number of aromatic nitrogens is 1. The minimum Gasteiger partial charge on any atom is -0.494 e. The van der Waals surface area contributed by atoms with E-state index >= 15 is 0 Å². The molecule has 1 aromatic carbocycles. The first-order chi connectivity index (χ1) is 17.3. The normalized spacial score (nSPS) is 17.9. The zero-order chi connectivity index (χ0) is 25.7. The zero-order valence-electron chi connectivity index (χ0n) is 21.4. The molecule has 4 rings (SSSR count). The van der Waals surface area contributed by atoms with E-state index in [1.165, 1.54) is 0 Å². The van der Waals surface area contributed by atoms with E-state index in [1.807, 2.05) is 30.4 Å². The van der Waals surface area contributed by atoms with Crippen LogP contribution in [0, 0.1) is 19.8 Å². The maximum absolute atomic E-state index is 11.1. The molecule has 36 heavy (non-hydrogen) atoms. The van der Waals surface area contributed by atoms with Gasteiger partial charge in [-0.05, 0) is 87.3 Å². The van der Waals surface area contributed by atoms with E-state index in [0.29, 0.717) is 25.5 Å². The number of hydrogen-bond donors (Lipinski definition) is 1. The fourth-order valence-corrected chi connectivity index (χ4v) is 4.61. The fourth-order valence-electron chi connectivity index (χ4n) is 4.61. The molecular formula is C29H34N2O5. The molecular weight excluding hydrogens is 456 g/mol. The molecule has 2 aliphatic rings. The van der Waals surface area contributed by atoms with Crippen molar-refractivity contribution in [3.63, 3.8) is 0 Å². The van der Waals surface area contributed by atoms with Crippen LogP contribution in [0.4, 0.5) is 0 Å². The van der Waals surface area contributed by atoms with Gasteiger partial charge in [0, 0.05) is 24.1 Å². The monoisotopic (exact) mass is 490 g/mol. The second-order valence-electron chi connectivity index (χ2n) is 9.59. The molecule has 1 saturated heterocycles. The first-order valence-corrected chi connectivity index (χ1v) is 12.3. The Morgan fingerprint density at radius 2 is 2.03 bits per heavy atom. The van der Waals surface area contributed by atoms with E-state index < -0.39 is 5.97 Å². The number of rotatable bonds is 10. The highest BCUT2D eigenvalue weighted by molar-refractivity contribution is 5.69. The smallest absolute Gasteiger partial charge is 0.304 e. The molecule has 1 aliphatic carbocycles. The lowest BCUT2D eigenvalue weighted by Gasteiger charge is -2.15. The quantitative estimate of drug-likeness (QED) is 0.358. The Morgan fingerprint density at radius 3 is 2.75 bits per heavy atom. The van der Waals surface area contributed by atoms with Crippen LogP contribution in [0.5, 0.6) is 11.6 Å². The van der Waals surface area contributed by atoms with Gasteiger partial charge in [0.2, 0.25) is 5.88 Å². The number of pyridine rings is 1. The number of allylic oxidation sites excluding steroid dienone is 4. The van der Waals surface area contributed by atoms with E-state index in [9.17, 15) is 4.79 Å². The summed E-state index contributed by atoms with van der Waals surface area (Å²) in [6.45, 7) is 6.23. The van der Waals surface area contributed by atoms with Crippen LogP contribution >= 0.6 is 0 Å². The number of aryl methyl sites for hydroxylation is 2. The Bertz CT molecular complexity index is 1190. The second kappa shape index (κ2) is 11.4. The molecule has 1 aliphatic heterocycles. The number of nitrogens with zero attached hydrogens (tertiary/aromatic N) is 2. The minimum absolute atomic E-state index is 0.0812. The average Bonchev–Trinajstić information content (AvgIpc) is 3.21. The Morgan fingerprint density at radius 1 is 1.25 bits per heavy atom. The maximum atomic E-state index is 11.1. The topological polar surface area (TPSA) is 81.1 Å². The first kappa shape index (κ1) is 25.5. The molecule has 1 aromatic heterocycles. The van der Waals surface area contributed by atoms with Crippen LogP contribution < -0.4 is 9.47 Å². The van der Waals surface area contributed by atoms with Crippen LogP contribution in [0.25, 0.3) is 11.3 Å². The lowest BCUT2D eigenvalue weighted by molar-refractivity contribution is -0.137. The van der Waals surface area contributed by atoms with Crippen LogP contribution in [-0.4, -0.2) is 54.8 Å². The van der Waals surface area contributed by atoms with E-state index in [4.69, 9.17) is 24.3 Å². The van der Waals surface area contributed by atoms with Gasteiger partial charge in [-0.2, -0.15) is 0 Å². The largest absolute Gasteiger partial charge is 0.494 e. The van der Waals surface area contributed by atoms with E-state index in [2.05, 4.69) is 45.0 Å². The predicted molar refractivity (Wildman–Crippen MR) is 139 cm³/mol. The molecule has 2 heterocycles. The Hall–Kier alpha value is -3.58. The average molecular weight is 491 g/mol. The van der Waals surface area contributed by atoms with E-state index in [1.54, 1.807) is 6.26 Å². The number of carboxylic acids is 1. The highest BCUT2D eigenvalue weighted by Crippen LogP contribution is 2.37. The van der Waals surface area contributed by atoms with E-state index in [-0.39, 0.29) is 12.3 Å². The number of aliphatic carboxylic acids is 1. The van der Waals surface area contributed by atoms with Gasteiger partial charge in [-0.1, -0.05) is 12.1 Å². The molecule has 0 spiro atoms. The molecule has 0 saturated carbocycles. The van der Waals surface area contributed by atoms with Gasteiger partial charge in [-0.3, -0.25) is 4.79 Å². The summed E-state index contributed by atoms with van der Waals surface area (Å²) in [5.74, 6) is 1.22. The van der Waals surface area contributed by atoms with Crippen molar-refractivity contribution in [3.8, 4) is 22.9 Å². The minimum atomic E-state index is -0.811. The first-order valence-electron chi connectivity index (χ1n) is 12.3. The molecule has 1 atom stereocenters. The van der Waals surface area contributed by atoms with Crippen LogP contribution in [-0.2, 0) is 9.53 Å². The van der Waals surface area contributed by atoms with Crippen LogP contribution in [0.2, 0.25) is 0 Å². The van der Waals surface area contributed by atoms with Gasteiger partial charge in [0.15, 0.2) is 0 Å². The maximum Gasteiger partial charge on any atom is 0.304 e. The van der Waals surface area contributed by atoms with Gasteiger partial charge in [-0.15, -0.1) is 0 Å². The van der Waals surface area contributed by atoms with Crippen molar-refractivity contribution in [2.45, 2.75) is 33.1 Å². The van der Waals surface area contributed by atoms with Crippen molar-refractivity contribution >= 4 is 5.97 Å². The molecule has 1 fully saturated rings. The van der Waals surface area contributed by atoms with Crippen molar-refractivity contribution in [3.05, 3.63) is 76.8 Å². The summed E-state index contributed by atoms with van der Waals surface area (Å²) >= 11 is 0. The third kappa shape index (κ3) is 6.34.